The van der Waals surface area contributed by atoms with Crippen LogP contribution >= 0.6 is 38.6 Å². The van der Waals surface area contributed by atoms with Crippen LogP contribution in [0, 0.1) is 0 Å². The van der Waals surface area contributed by atoms with Gasteiger partial charge in [-0.05, 0) is 21.3 Å². The lowest BCUT2D eigenvalue weighted by molar-refractivity contribution is 0.104. The van der Waals surface area contributed by atoms with Gasteiger partial charge in [0.2, 0.25) is 5.78 Å². The number of hydrogen-bond donors (Lipinski definition) is 0. The molecule has 0 amide bonds. The summed E-state index contributed by atoms with van der Waals surface area (Å²) in [6, 6.07) is 0. The monoisotopic (exact) mass is 270 g/mol. The number of carbonyl (C=O) groups excluding carboxylic acids is 1. The maximum Gasteiger partial charge on any atom is 0.205 e. The number of carbonyl (C=O) groups is 1. The molecule has 64 valence electrons. The van der Waals surface area contributed by atoms with E-state index in [4.69, 9.17) is 0 Å². The molecule has 4 heteroatoms. The first kappa shape index (κ1) is 7.91. The topological polar surface area (TPSA) is 17.1 Å². The van der Waals surface area contributed by atoms with Crippen molar-refractivity contribution in [3.8, 4) is 11.1 Å². The summed E-state index contributed by atoms with van der Waals surface area (Å²) in [5.74, 6) is 0.182. The zero-order valence-electron chi connectivity index (χ0n) is 6.33. The Labute approximate surface area is 91.2 Å². The molecule has 13 heavy (non-hydrogen) atoms. The maximum atomic E-state index is 11.8. The van der Waals surface area contributed by atoms with Crippen molar-refractivity contribution in [2.24, 2.45) is 0 Å². The Morgan fingerprint density at radius 3 is 2.77 bits per heavy atom. The standard InChI is InChI=1S/C9H3BrOS2/c10-6-3-13-9-7(6)4-1-12-2-5(4)8(9)11/h1-3H. The molecule has 2 aromatic rings. The second-order valence-corrected chi connectivity index (χ2v) is 5.29. The quantitative estimate of drug-likeness (QED) is 0.608. The predicted octanol–water partition coefficient (Wildman–Crippen LogP) is 3.78. The van der Waals surface area contributed by atoms with Crippen molar-refractivity contribution in [1.82, 2.24) is 0 Å². The van der Waals surface area contributed by atoms with Crippen LogP contribution in [0.5, 0.6) is 0 Å². The zero-order chi connectivity index (χ0) is 9.00. The molecule has 0 unspecified atom stereocenters. The third-order valence-corrected chi connectivity index (χ3v) is 4.78. The molecular formula is C9H3BrOS2. The minimum absolute atomic E-state index is 0.182. The van der Waals surface area contributed by atoms with E-state index < -0.39 is 0 Å². The summed E-state index contributed by atoms with van der Waals surface area (Å²) in [6.07, 6.45) is 0. The highest BCUT2D eigenvalue weighted by molar-refractivity contribution is 9.10. The second kappa shape index (κ2) is 2.53. The van der Waals surface area contributed by atoms with E-state index in [1.165, 1.54) is 11.3 Å². The van der Waals surface area contributed by atoms with Gasteiger partial charge in [0, 0.05) is 31.9 Å². The summed E-state index contributed by atoms with van der Waals surface area (Å²) >= 11 is 6.56. The summed E-state index contributed by atoms with van der Waals surface area (Å²) in [7, 11) is 0. The highest BCUT2D eigenvalue weighted by Crippen LogP contribution is 2.46. The summed E-state index contributed by atoms with van der Waals surface area (Å²) in [5, 5.41) is 5.94. The molecule has 1 aliphatic carbocycles. The van der Waals surface area contributed by atoms with Crippen molar-refractivity contribution < 1.29 is 4.79 Å². The Hall–Kier alpha value is -0.450. The summed E-state index contributed by atoms with van der Waals surface area (Å²) in [5.41, 5.74) is 3.05. The molecule has 0 saturated heterocycles. The van der Waals surface area contributed by atoms with Crippen LogP contribution in [0.3, 0.4) is 0 Å². The Bertz CT molecular complexity index is 509. The summed E-state index contributed by atoms with van der Waals surface area (Å²) < 4.78 is 1.04. The first-order chi connectivity index (χ1) is 6.29. The summed E-state index contributed by atoms with van der Waals surface area (Å²) in [4.78, 5) is 12.6. The molecule has 2 aromatic heterocycles. The van der Waals surface area contributed by atoms with E-state index in [1.807, 2.05) is 16.1 Å². The van der Waals surface area contributed by atoms with Gasteiger partial charge in [0.05, 0.1) is 4.88 Å². The fourth-order valence-corrected chi connectivity index (χ4v) is 4.08. The van der Waals surface area contributed by atoms with E-state index in [-0.39, 0.29) is 5.78 Å². The molecule has 1 aliphatic rings. The third kappa shape index (κ3) is 0.882. The molecule has 0 bridgehead atoms. The Morgan fingerprint density at radius 2 is 1.92 bits per heavy atom. The van der Waals surface area contributed by atoms with E-state index in [0.717, 1.165) is 26.0 Å². The molecule has 0 atom stereocenters. The van der Waals surface area contributed by atoms with Gasteiger partial charge in [0.1, 0.15) is 0 Å². The van der Waals surface area contributed by atoms with Crippen LogP contribution in [-0.2, 0) is 0 Å². The molecule has 0 aromatic carbocycles. The van der Waals surface area contributed by atoms with Gasteiger partial charge >= 0.3 is 0 Å². The van der Waals surface area contributed by atoms with Crippen molar-refractivity contribution in [3.63, 3.8) is 0 Å². The van der Waals surface area contributed by atoms with Crippen LogP contribution in [0.1, 0.15) is 15.2 Å². The second-order valence-electron chi connectivity index (χ2n) is 2.82. The summed E-state index contributed by atoms with van der Waals surface area (Å²) in [6.45, 7) is 0. The average Bonchev–Trinajstić information content (AvgIpc) is 2.71. The molecule has 0 N–H and O–H groups in total. The molecular weight excluding hydrogens is 268 g/mol. The van der Waals surface area contributed by atoms with E-state index >= 15 is 0 Å². The number of hydrogen-bond acceptors (Lipinski definition) is 3. The van der Waals surface area contributed by atoms with Crippen molar-refractivity contribution in [1.29, 1.82) is 0 Å². The molecule has 0 aliphatic heterocycles. The average molecular weight is 271 g/mol. The largest absolute Gasteiger partial charge is 0.288 e. The van der Waals surface area contributed by atoms with Crippen LogP contribution in [0.25, 0.3) is 11.1 Å². The van der Waals surface area contributed by atoms with Crippen molar-refractivity contribution in [2.45, 2.75) is 0 Å². The fraction of sp³-hybridized carbons (Fsp3) is 0. The molecule has 3 rings (SSSR count). The van der Waals surface area contributed by atoms with Gasteiger partial charge in [-0.15, -0.1) is 11.3 Å². The Kier molecular flexibility index (Phi) is 1.54. The lowest BCUT2D eigenvalue weighted by atomic mass is 10.2. The van der Waals surface area contributed by atoms with E-state index in [2.05, 4.69) is 15.9 Å². The smallest absolute Gasteiger partial charge is 0.205 e. The van der Waals surface area contributed by atoms with Crippen LogP contribution in [0.4, 0.5) is 0 Å². The number of rotatable bonds is 0. The normalized spacial score (nSPS) is 13.2. The number of thiophene rings is 2. The Balaban J connectivity index is 2.46. The molecule has 2 heterocycles. The van der Waals surface area contributed by atoms with E-state index in [9.17, 15) is 4.79 Å². The molecule has 1 nitrogen and oxygen atoms in total. The minimum Gasteiger partial charge on any atom is -0.288 e. The van der Waals surface area contributed by atoms with Crippen molar-refractivity contribution in [3.05, 3.63) is 31.1 Å². The van der Waals surface area contributed by atoms with Gasteiger partial charge in [-0.3, -0.25) is 4.79 Å². The van der Waals surface area contributed by atoms with Gasteiger partial charge in [-0.2, -0.15) is 11.3 Å². The fourth-order valence-electron chi connectivity index (χ4n) is 1.54. The van der Waals surface area contributed by atoms with Gasteiger partial charge < -0.3 is 0 Å². The maximum absolute atomic E-state index is 11.8. The van der Waals surface area contributed by atoms with Gasteiger partial charge in [0.15, 0.2) is 0 Å². The van der Waals surface area contributed by atoms with Crippen LogP contribution in [0.15, 0.2) is 20.6 Å². The highest BCUT2D eigenvalue weighted by atomic mass is 79.9. The minimum atomic E-state index is 0.182. The molecule has 0 fully saturated rings. The third-order valence-electron chi connectivity index (χ3n) is 2.13. The zero-order valence-corrected chi connectivity index (χ0v) is 9.55. The molecule has 0 spiro atoms. The highest BCUT2D eigenvalue weighted by Gasteiger charge is 2.30. The van der Waals surface area contributed by atoms with Crippen LogP contribution in [0.2, 0.25) is 0 Å². The van der Waals surface area contributed by atoms with Gasteiger partial charge in [-0.1, -0.05) is 0 Å². The Morgan fingerprint density at radius 1 is 1.15 bits per heavy atom. The first-order valence-electron chi connectivity index (χ1n) is 3.67. The predicted molar refractivity (Wildman–Crippen MR) is 58.8 cm³/mol. The molecule has 0 saturated carbocycles. The first-order valence-corrected chi connectivity index (χ1v) is 6.29. The van der Waals surface area contributed by atoms with Crippen LogP contribution < -0.4 is 0 Å². The SMILES string of the molecule is O=C1c2cscc2-c2c(Br)csc21. The van der Waals surface area contributed by atoms with E-state index in [0.29, 0.717) is 0 Å². The van der Waals surface area contributed by atoms with Gasteiger partial charge in [0.25, 0.3) is 0 Å². The van der Waals surface area contributed by atoms with Crippen LogP contribution in [-0.4, -0.2) is 5.78 Å². The van der Waals surface area contributed by atoms with Gasteiger partial charge in [-0.25, -0.2) is 0 Å². The lowest BCUT2D eigenvalue weighted by Gasteiger charge is -1.89. The number of halogens is 1. The number of fused-ring (bicyclic) bond motifs is 3. The number of ketones is 1. The molecule has 0 radical (unpaired) electrons. The lowest BCUT2D eigenvalue weighted by Crippen LogP contribution is -1.89. The van der Waals surface area contributed by atoms with Crippen molar-refractivity contribution in [2.75, 3.05) is 0 Å². The van der Waals surface area contributed by atoms with Crippen molar-refractivity contribution >= 4 is 44.4 Å². The van der Waals surface area contributed by atoms with E-state index in [1.54, 1.807) is 11.3 Å².